The number of hydrogen-bond acceptors (Lipinski definition) is 5. The van der Waals surface area contributed by atoms with Gasteiger partial charge in [-0.05, 0) is 30.9 Å². The lowest BCUT2D eigenvalue weighted by Crippen LogP contribution is -2.27. The van der Waals surface area contributed by atoms with Gasteiger partial charge < -0.3 is 14.8 Å². The average Bonchev–Trinajstić information content (AvgIpc) is 2.94. The van der Waals surface area contributed by atoms with Gasteiger partial charge in [0.05, 0.1) is 13.7 Å². The summed E-state index contributed by atoms with van der Waals surface area (Å²) in [7, 11) is 1.29. The number of carbonyl (C=O) groups excluding carboxylic acids is 2. The Balaban J connectivity index is 1.76. The number of carbonyl (C=O) groups is 2. The van der Waals surface area contributed by atoms with Gasteiger partial charge in [0.2, 0.25) is 0 Å². The van der Waals surface area contributed by atoms with E-state index in [1.54, 1.807) is 0 Å². The molecule has 0 unspecified atom stereocenters. The van der Waals surface area contributed by atoms with Crippen molar-refractivity contribution in [2.75, 3.05) is 20.3 Å². The van der Waals surface area contributed by atoms with Gasteiger partial charge in [-0.2, -0.15) is 0 Å². The molecule has 0 bridgehead atoms. The first-order chi connectivity index (χ1) is 8.70. The maximum absolute atomic E-state index is 11.7. The second-order valence-corrected chi connectivity index (χ2v) is 5.10. The lowest BCUT2D eigenvalue weighted by atomic mass is 10.2. The van der Waals surface area contributed by atoms with Crippen LogP contribution in [0.5, 0.6) is 0 Å². The number of ether oxygens (including phenoxy) is 2. The van der Waals surface area contributed by atoms with Gasteiger partial charge in [-0.3, -0.25) is 0 Å². The lowest BCUT2D eigenvalue weighted by molar-refractivity contribution is 0.0512. The summed E-state index contributed by atoms with van der Waals surface area (Å²) in [5, 5.41) is 2.44. The van der Waals surface area contributed by atoms with Crippen molar-refractivity contribution in [2.45, 2.75) is 19.3 Å². The van der Waals surface area contributed by atoms with Crippen LogP contribution in [0, 0.1) is 0 Å². The topological polar surface area (TPSA) is 64.6 Å². The van der Waals surface area contributed by atoms with Crippen LogP contribution in [-0.2, 0) is 22.3 Å². The number of fused-ring (bicyclic) bond motifs is 1. The van der Waals surface area contributed by atoms with Gasteiger partial charge in [0, 0.05) is 4.88 Å². The number of aryl methyl sites for hydroxylation is 2. The van der Waals surface area contributed by atoms with Crippen LogP contribution in [-0.4, -0.2) is 32.3 Å². The zero-order valence-electron chi connectivity index (χ0n) is 10.2. The molecular weight excluding hydrogens is 254 g/mol. The molecule has 0 spiro atoms. The Bertz CT molecular complexity index is 433. The Morgan fingerprint density at radius 2 is 2.28 bits per heavy atom. The normalized spacial score (nSPS) is 12.9. The fourth-order valence-electron chi connectivity index (χ4n) is 1.87. The number of alkyl carbamates (subject to hydrolysis) is 1. The van der Waals surface area contributed by atoms with Crippen molar-refractivity contribution in [3.8, 4) is 0 Å². The van der Waals surface area contributed by atoms with Crippen LogP contribution >= 0.6 is 11.3 Å². The largest absolute Gasteiger partial charge is 0.460 e. The summed E-state index contributed by atoms with van der Waals surface area (Å²) in [5.41, 5.74) is 1.28. The smallest absolute Gasteiger partial charge is 0.406 e. The minimum absolute atomic E-state index is 0.149. The van der Waals surface area contributed by atoms with Crippen molar-refractivity contribution in [1.82, 2.24) is 5.32 Å². The molecule has 1 aliphatic carbocycles. The van der Waals surface area contributed by atoms with Gasteiger partial charge >= 0.3 is 12.1 Å². The van der Waals surface area contributed by atoms with Crippen molar-refractivity contribution < 1.29 is 19.1 Å². The molecule has 6 heteroatoms. The Morgan fingerprint density at radius 3 is 3.00 bits per heavy atom. The molecule has 0 radical (unpaired) electrons. The molecule has 1 aromatic rings. The minimum Gasteiger partial charge on any atom is -0.460 e. The highest BCUT2D eigenvalue weighted by atomic mass is 32.1. The maximum atomic E-state index is 11.7. The van der Waals surface area contributed by atoms with E-state index in [2.05, 4.69) is 10.1 Å². The first-order valence-electron chi connectivity index (χ1n) is 5.81. The van der Waals surface area contributed by atoms with Crippen LogP contribution in [0.2, 0.25) is 0 Å². The molecule has 98 valence electrons. The Labute approximate surface area is 109 Å². The number of thiophene rings is 1. The zero-order valence-corrected chi connectivity index (χ0v) is 11.0. The maximum Gasteiger partial charge on any atom is 0.406 e. The third kappa shape index (κ3) is 3.01. The Kier molecular flexibility index (Phi) is 4.19. The number of hydrogen-bond donors (Lipinski definition) is 1. The summed E-state index contributed by atoms with van der Waals surface area (Å²) in [6.07, 6.45) is 2.78. The predicted octanol–water partition coefficient (Wildman–Crippen LogP) is 1.75. The van der Waals surface area contributed by atoms with E-state index in [-0.39, 0.29) is 19.1 Å². The number of esters is 1. The number of nitrogens with one attached hydrogen (secondary N) is 1. The highest BCUT2D eigenvalue weighted by Crippen LogP contribution is 2.30. The van der Waals surface area contributed by atoms with Crippen molar-refractivity contribution in [3.05, 3.63) is 21.4 Å². The van der Waals surface area contributed by atoms with Gasteiger partial charge in [-0.25, -0.2) is 9.59 Å². The summed E-state index contributed by atoms with van der Waals surface area (Å²) in [6.45, 7) is 0.403. The third-order valence-electron chi connectivity index (χ3n) is 2.74. The van der Waals surface area contributed by atoms with E-state index >= 15 is 0 Å². The average molecular weight is 269 g/mol. The van der Waals surface area contributed by atoms with Gasteiger partial charge in [0.25, 0.3) is 0 Å². The highest BCUT2D eigenvalue weighted by Gasteiger charge is 2.19. The van der Waals surface area contributed by atoms with Gasteiger partial charge in [-0.1, -0.05) is 0 Å². The third-order valence-corrected chi connectivity index (χ3v) is 3.95. The fourth-order valence-corrected chi connectivity index (χ4v) is 3.02. The van der Waals surface area contributed by atoms with E-state index in [9.17, 15) is 9.59 Å². The van der Waals surface area contributed by atoms with Crippen LogP contribution in [0.3, 0.4) is 0 Å². The van der Waals surface area contributed by atoms with Crippen LogP contribution in [0.4, 0.5) is 4.79 Å². The molecule has 0 atom stereocenters. The fraction of sp³-hybridized carbons (Fsp3) is 0.500. The van der Waals surface area contributed by atoms with Crippen molar-refractivity contribution in [3.63, 3.8) is 0 Å². The quantitative estimate of drug-likeness (QED) is 0.668. The van der Waals surface area contributed by atoms with E-state index in [1.165, 1.54) is 35.3 Å². The second kappa shape index (κ2) is 5.86. The molecule has 0 aromatic carbocycles. The molecule has 0 saturated heterocycles. The molecule has 5 nitrogen and oxygen atoms in total. The molecule has 2 rings (SSSR count). The monoisotopic (exact) mass is 269 g/mol. The molecule has 1 aromatic heterocycles. The molecule has 0 aliphatic heterocycles. The number of rotatable bonds is 4. The zero-order chi connectivity index (χ0) is 13.0. The number of methoxy groups -OCH3 is 1. The van der Waals surface area contributed by atoms with Crippen LogP contribution in [0.15, 0.2) is 6.07 Å². The van der Waals surface area contributed by atoms with E-state index < -0.39 is 6.09 Å². The van der Waals surface area contributed by atoms with E-state index in [1.807, 2.05) is 6.07 Å². The summed E-state index contributed by atoms with van der Waals surface area (Å²) >= 11 is 1.51. The second-order valence-electron chi connectivity index (χ2n) is 3.97. The van der Waals surface area contributed by atoms with Crippen LogP contribution in [0.1, 0.15) is 26.5 Å². The molecule has 1 amide bonds. The van der Waals surface area contributed by atoms with E-state index in [4.69, 9.17) is 4.74 Å². The first kappa shape index (κ1) is 12.9. The van der Waals surface area contributed by atoms with E-state index in [0.29, 0.717) is 4.88 Å². The highest BCUT2D eigenvalue weighted by molar-refractivity contribution is 7.14. The molecule has 1 N–H and O–H groups in total. The van der Waals surface area contributed by atoms with Gasteiger partial charge in [0.15, 0.2) is 0 Å². The molecule has 0 fully saturated rings. The summed E-state index contributed by atoms with van der Waals surface area (Å²) in [5.74, 6) is -0.318. The van der Waals surface area contributed by atoms with Crippen LogP contribution in [0.25, 0.3) is 0 Å². The van der Waals surface area contributed by atoms with Crippen molar-refractivity contribution >= 4 is 23.4 Å². The predicted molar refractivity (Wildman–Crippen MR) is 67.0 cm³/mol. The molecule has 1 aliphatic rings. The van der Waals surface area contributed by atoms with Crippen molar-refractivity contribution in [1.29, 1.82) is 0 Å². The molecule has 1 heterocycles. The SMILES string of the molecule is COC(=O)NCCOC(=O)c1cc2c(s1)CCC2. The lowest BCUT2D eigenvalue weighted by Gasteiger charge is -2.04. The number of amides is 1. The molecule has 18 heavy (non-hydrogen) atoms. The van der Waals surface area contributed by atoms with E-state index in [0.717, 1.165) is 12.8 Å². The Morgan fingerprint density at radius 1 is 1.44 bits per heavy atom. The van der Waals surface area contributed by atoms with Gasteiger partial charge in [0.1, 0.15) is 11.5 Å². The standard InChI is InChI=1S/C12H15NO4S/c1-16-12(15)13-5-6-17-11(14)10-7-8-3-2-4-9(8)18-10/h7H,2-6H2,1H3,(H,13,15). The minimum atomic E-state index is -0.527. The summed E-state index contributed by atoms with van der Waals surface area (Å²) < 4.78 is 9.46. The Hall–Kier alpha value is -1.56. The summed E-state index contributed by atoms with van der Waals surface area (Å²) in [6, 6.07) is 1.92. The van der Waals surface area contributed by atoms with Gasteiger partial charge in [-0.15, -0.1) is 11.3 Å². The van der Waals surface area contributed by atoms with Crippen molar-refractivity contribution in [2.24, 2.45) is 0 Å². The molecular formula is C12H15NO4S. The summed E-state index contributed by atoms with van der Waals surface area (Å²) in [4.78, 5) is 24.4. The molecule has 0 saturated carbocycles. The van der Waals surface area contributed by atoms with Crippen LogP contribution < -0.4 is 5.32 Å². The first-order valence-corrected chi connectivity index (χ1v) is 6.63.